The zero-order valence-corrected chi connectivity index (χ0v) is 6.28. The van der Waals surface area contributed by atoms with Crippen molar-refractivity contribution in [3.8, 4) is 0 Å². The molecular weight excluding hydrogens is 144 g/mol. The minimum atomic E-state index is -0.210. The standard InChI is InChI=1S/C7H8N2S/c1-2-6-10(5-1)9-4-3-8-7-9/h1-7,10H. The predicted molar refractivity (Wildman–Crippen MR) is 44.9 cm³/mol. The summed E-state index contributed by atoms with van der Waals surface area (Å²) in [6.07, 6.45) is 9.80. The third kappa shape index (κ3) is 0.885. The maximum absolute atomic E-state index is 3.98. The molecule has 1 aliphatic rings. The zero-order chi connectivity index (χ0) is 6.81. The molecule has 10 heavy (non-hydrogen) atoms. The van der Waals surface area contributed by atoms with Gasteiger partial charge in [0.2, 0.25) is 0 Å². The summed E-state index contributed by atoms with van der Waals surface area (Å²) < 4.78 is 2.12. The molecule has 0 aromatic carbocycles. The Labute approximate surface area is 62.4 Å². The first kappa shape index (κ1) is 5.80. The maximum atomic E-state index is 3.98. The van der Waals surface area contributed by atoms with E-state index in [2.05, 4.69) is 31.9 Å². The molecule has 0 saturated heterocycles. The first-order valence-electron chi connectivity index (χ1n) is 3.08. The molecule has 0 radical (unpaired) electrons. The van der Waals surface area contributed by atoms with Gasteiger partial charge in [0.05, 0.1) is 0 Å². The summed E-state index contributed by atoms with van der Waals surface area (Å²) in [6.45, 7) is 0. The number of allylic oxidation sites excluding steroid dienone is 2. The van der Waals surface area contributed by atoms with Crippen molar-refractivity contribution >= 4 is 11.1 Å². The van der Waals surface area contributed by atoms with Crippen LogP contribution in [0, 0.1) is 0 Å². The Balaban J connectivity index is 2.29. The number of thiol groups is 1. The van der Waals surface area contributed by atoms with Gasteiger partial charge in [-0.25, -0.2) is 4.98 Å². The Kier molecular flexibility index (Phi) is 1.36. The molecule has 0 aliphatic carbocycles. The van der Waals surface area contributed by atoms with Gasteiger partial charge in [-0.1, -0.05) is 12.2 Å². The largest absolute Gasteiger partial charge is 0.294 e. The van der Waals surface area contributed by atoms with Crippen LogP contribution >= 0.6 is 11.1 Å². The monoisotopic (exact) mass is 152 g/mol. The van der Waals surface area contributed by atoms with Crippen molar-refractivity contribution in [2.45, 2.75) is 0 Å². The second-order valence-electron chi connectivity index (χ2n) is 2.01. The zero-order valence-electron chi connectivity index (χ0n) is 5.38. The summed E-state index contributed by atoms with van der Waals surface area (Å²) in [4.78, 5) is 3.98. The van der Waals surface area contributed by atoms with Crippen molar-refractivity contribution in [3.63, 3.8) is 0 Å². The fourth-order valence-electron chi connectivity index (χ4n) is 0.868. The van der Waals surface area contributed by atoms with E-state index in [1.54, 1.807) is 0 Å². The molecule has 1 aromatic heterocycles. The van der Waals surface area contributed by atoms with Gasteiger partial charge in [-0.2, -0.15) is 0 Å². The van der Waals surface area contributed by atoms with E-state index in [1.807, 2.05) is 18.7 Å². The van der Waals surface area contributed by atoms with Gasteiger partial charge in [-0.3, -0.25) is 3.97 Å². The highest BCUT2D eigenvalue weighted by Gasteiger charge is 1.98. The highest BCUT2D eigenvalue weighted by Crippen LogP contribution is 2.33. The molecule has 2 rings (SSSR count). The van der Waals surface area contributed by atoms with E-state index in [0.29, 0.717) is 0 Å². The van der Waals surface area contributed by atoms with E-state index in [-0.39, 0.29) is 11.1 Å². The molecular formula is C7H8N2S. The first-order chi connectivity index (χ1) is 4.97. The third-order valence-corrected chi connectivity index (χ3v) is 3.07. The average Bonchev–Trinajstić information content (AvgIpc) is 2.59. The maximum Gasteiger partial charge on any atom is 0.104 e. The number of hydrogen-bond acceptors (Lipinski definition) is 1. The predicted octanol–water partition coefficient (Wildman–Crippen LogP) is 1.69. The summed E-state index contributed by atoms with van der Waals surface area (Å²) in [7, 11) is 0. The molecule has 0 unspecified atom stereocenters. The van der Waals surface area contributed by atoms with Gasteiger partial charge in [-0.05, 0) is 10.8 Å². The normalized spacial score (nSPS) is 18.6. The van der Waals surface area contributed by atoms with Gasteiger partial charge >= 0.3 is 0 Å². The van der Waals surface area contributed by atoms with Crippen LogP contribution < -0.4 is 0 Å². The number of hydrogen-bond donors (Lipinski definition) is 1. The molecule has 2 heterocycles. The van der Waals surface area contributed by atoms with E-state index in [4.69, 9.17) is 0 Å². The summed E-state index contributed by atoms with van der Waals surface area (Å²) in [5, 5.41) is 4.38. The number of aromatic nitrogens is 2. The Morgan fingerprint density at radius 2 is 2.00 bits per heavy atom. The van der Waals surface area contributed by atoms with Crippen LogP contribution in [0.25, 0.3) is 0 Å². The molecule has 1 aromatic rings. The van der Waals surface area contributed by atoms with Gasteiger partial charge < -0.3 is 0 Å². The lowest BCUT2D eigenvalue weighted by Gasteiger charge is -2.09. The highest BCUT2D eigenvalue weighted by molar-refractivity contribution is 8.21. The topological polar surface area (TPSA) is 17.8 Å². The average molecular weight is 152 g/mol. The first-order valence-corrected chi connectivity index (χ1v) is 4.52. The van der Waals surface area contributed by atoms with E-state index in [9.17, 15) is 0 Å². The van der Waals surface area contributed by atoms with Crippen LogP contribution in [-0.4, -0.2) is 8.96 Å². The van der Waals surface area contributed by atoms with Gasteiger partial charge in [0.25, 0.3) is 0 Å². The molecule has 3 heteroatoms. The van der Waals surface area contributed by atoms with Crippen LogP contribution in [0.3, 0.4) is 0 Å². The van der Waals surface area contributed by atoms with Crippen molar-refractivity contribution in [3.05, 3.63) is 41.7 Å². The van der Waals surface area contributed by atoms with Crippen LogP contribution in [0.1, 0.15) is 0 Å². The lowest BCUT2D eigenvalue weighted by Crippen LogP contribution is -1.83. The summed E-state index contributed by atoms with van der Waals surface area (Å²) in [5.74, 6) is 0. The van der Waals surface area contributed by atoms with Gasteiger partial charge in [0, 0.05) is 12.4 Å². The molecule has 0 saturated carbocycles. The van der Waals surface area contributed by atoms with E-state index in [1.165, 1.54) is 0 Å². The van der Waals surface area contributed by atoms with Crippen molar-refractivity contribution in [1.29, 1.82) is 0 Å². The van der Waals surface area contributed by atoms with Gasteiger partial charge in [0.15, 0.2) is 0 Å². The molecule has 0 amide bonds. The van der Waals surface area contributed by atoms with Crippen molar-refractivity contribution in [2.75, 3.05) is 0 Å². The molecule has 2 nitrogen and oxygen atoms in total. The molecule has 0 bridgehead atoms. The molecule has 0 atom stereocenters. The van der Waals surface area contributed by atoms with Crippen molar-refractivity contribution in [1.82, 2.24) is 8.96 Å². The molecule has 52 valence electrons. The van der Waals surface area contributed by atoms with E-state index >= 15 is 0 Å². The molecule has 0 fully saturated rings. The van der Waals surface area contributed by atoms with Crippen molar-refractivity contribution in [2.24, 2.45) is 0 Å². The van der Waals surface area contributed by atoms with Crippen LogP contribution in [-0.2, 0) is 0 Å². The molecule has 0 spiro atoms. The Hall–Kier alpha value is -0.960. The highest BCUT2D eigenvalue weighted by atomic mass is 32.2. The Bertz CT molecular complexity index is 249. The Morgan fingerprint density at radius 1 is 1.20 bits per heavy atom. The molecule has 1 aliphatic heterocycles. The van der Waals surface area contributed by atoms with E-state index in [0.717, 1.165) is 0 Å². The van der Waals surface area contributed by atoms with Crippen LogP contribution in [0.2, 0.25) is 0 Å². The summed E-state index contributed by atoms with van der Waals surface area (Å²) in [6, 6.07) is 0. The molecule has 0 N–H and O–H groups in total. The second kappa shape index (κ2) is 2.34. The fourth-order valence-corrected chi connectivity index (χ4v) is 2.22. The quantitative estimate of drug-likeness (QED) is 0.606. The van der Waals surface area contributed by atoms with Gasteiger partial charge in [-0.15, -0.1) is 11.1 Å². The van der Waals surface area contributed by atoms with Gasteiger partial charge in [0.1, 0.15) is 6.33 Å². The number of imidazole rings is 1. The number of rotatable bonds is 1. The minimum Gasteiger partial charge on any atom is -0.294 e. The number of nitrogens with zero attached hydrogens (tertiary/aromatic N) is 2. The second-order valence-corrected chi connectivity index (χ2v) is 3.82. The summed E-state index contributed by atoms with van der Waals surface area (Å²) >= 11 is -0.210. The summed E-state index contributed by atoms with van der Waals surface area (Å²) in [5.41, 5.74) is 0. The SMILES string of the molecule is C1=C[SH](n2ccnc2)C=C1. The lowest BCUT2D eigenvalue weighted by molar-refractivity contribution is 1.23. The minimum absolute atomic E-state index is 0.210. The van der Waals surface area contributed by atoms with Crippen LogP contribution in [0.15, 0.2) is 41.7 Å². The van der Waals surface area contributed by atoms with Crippen molar-refractivity contribution < 1.29 is 0 Å². The third-order valence-electron chi connectivity index (χ3n) is 1.35. The fraction of sp³-hybridized carbons (Fsp3) is 0. The van der Waals surface area contributed by atoms with E-state index < -0.39 is 0 Å². The Morgan fingerprint density at radius 3 is 2.60 bits per heavy atom. The van der Waals surface area contributed by atoms with Crippen LogP contribution in [0.4, 0.5) is 0 Å². The van der Waals surface area contributed by atoms with Crippen LogP contribution in [0.5, 0.6) is 0 Å². The smallest absolute Gasteiger partial charge is 0.104 e. The lowest BCUT2D eigenvalue weighted by atomic mass is 10.6.